The van der Waals surface area contributed by atoms with Crippen molar-refractivity contribution in [1.82, 2.24) is 0 Å². The topological polar surface area (TPSA) is 33.3 Å². The fourth-order valence-corrected chi connectivity index (χ4v) is 1.98. The van der Waals surface area contributed by atoms with Crippen LogP contribution in [0.2, 0.25) is 0 Å². The number of ether oxygens (including phenoxy) is 1. The lowest BCUT2D eigenvalue weighted by Crippen LogP contribution is -2.19. The zero-order valence-corrected chi connectivity index (χ0v) is 12.7. The Kier molecular flexibility index (Phi) is 5.11. The predicted molar refractivity (Wildman–Crippen MR) is 88.4 cm³/mol. The maximum Gasteiger partial charge on any atom is 0.175 e. The van der Waals surface area contributed by atoms with E-state index in [0.29, 0.717) is 5.11 Å². The first-order valence-corrected chi connectivity index (χ1v) is 7.04. The molecular weight excluding hydrogens is 287 g/mol. The van der Waals surface area contributed by atoms with E-state index in [1.165, 1.54) is 12.1 Å². The zero-order chi connectivity index (χ0) is 15.2. The molecule has 0 radical (unpaired) electrons. The van der Waals surface area contributed by atoms with E-state index in [1.54, 1.807) is 12.1 Å². The normalized spacial score (nSPS) is 10.3. The highest BCUT2D eigenvalue weighted by molar-refractivity contribution is 7.80. The number of benzene rings is 2. The molecule has 5 heteroatoms. The summed E-state index contributed by atoms with van der Waals surface area (Å²) in [6.45, 7) is 3.95. The molecule has 0 atom stereocenters. The second-order valence-electron chi connectivity index (χ2n) is 4.78. The van der Waals surface area contributed by atoms with Gasteiger partial charge in [-0.3, -0.25) is 0 Å². The Morgan fingerprint density at radius 1 is 1.05 bits per heavy atom. The molecular formula is C16H17FN2OS. The number of rotatable bonds is 4. The number of thiocarbonyl (C=S) groups is 1. The summed E-state index contributed by atoms with van der Waals surface area (Å²) in [6, 6.07) is 13.6. The Morgan fingerprint density at radius 3 is 2.38 bits per heavy atom. The first-order chi connectivity index (χ1) is 10.0. The molecule has 0 unspecified atom stereocenters. The van der Waals surface area contributed by atoms with Crippen molar-refractivity contribution in [3.8, 4) is 5.75 Å². The second-order valence-corrected chi connectivity index (χ2v) is 5.19. The van der Waals surface area contributed by atoms with E-state index >= 15 is 0 Å². The smallest absolute Gasteiger partial charge is 0.175 e. The van der Waals surface area contributed by atoms with Gasteiger partial charge in [-0.25, -0.2) is 4.39 Å². The lowest BCUT2D eigenvalue weighted by atomic mass is 10.3. The molecule has 0 amide bonds. The molecule has 0 saturated carbocycles. The molecule has 0 aliphatic rings. The van der Waals surface area contributed by atoms with Crippen LogP contribution in [0.25, 0.3) is 0 Å². The number of nitrogens with one attached hydrogen (secondary N) is 2. The van der Waals surface area contributed by atoms with Crippen molar-refractivity contribution in [2.75, 3.05) is 10.6 Å². The van der Waals surface area contributed by atoms with Gasteiger partial charge in [-0.1, -0.05) is 6.07 Å². The van der Waals surface area contributed by atoms with Crippen molar-refractivity contribution in [1.29, 1.82) is 0 Å². The third-order valence-electron chi connectivity index (χ3n) is 2.57. The monoisotopic (exact) mass is 304 g/mol. The zero-order valence-electron chi connectivity index (χ0n) is 11.9. The minimum atomic E-state index is -0.280. The van der Waals surface area contributed by atoms with Crippen LogP contribution in [0.5, 0.6) is 5.75 Å². The van der Waals surface area contributed by atoms with Gasteiger partial charge in [0.25, 0.3) is 0 Å². The average Bonchev–Trinajstić information content (AvgIpc) is 2.41. The van der Waals surface area contributed by atoms with Gasteiger partial charge in [0.15, 0.2) is 5.11 Å². The highest BCUT2D eigenvalue weighted by Gasteiger charge is 2.02. The SMILES string of the molecule is CC(C)Oc1cccc(NC(=S)Nc2ccc(F)cc2)c1. The molecule has 21 heavy (non-hydrogen) atoms. The maximum atomic E-state index is 12.8. The molecule has 0 bridgehead atoms. The minimum absolute atomic E-state index is 0.115. The fourth-order valence-electron chi connectivity index (χ4n) is 1.75. The van der Waals surface area contributed by atoms with Gasteiger partial charge >= 0.3 is 0 Å². The van der Waals surface area contributed by atoms with Gasteiger partial charge in [0.1, 0.15) is 11.6 Å². The van der Waals surface area contributed by atoms with Gasteiger partial charge < -0.3 is 15.4 Å². The first-order valence-electron chi connectivity index (χ1n) is 6.63. The van der Waals surface area contributed by atoms with E-state index in [9.17, 15) is 4.39 Å². The van der Waals surface area contributed by atoms with Gasteiger partial charge in [0.2, 0.25) is 0 Å². The number of hydrogen-bond acceptors (Lipinski definition) is 2. The van der Waals surface area contributed by atoms with E-state index in [2.05, 4.69) is 10.6 Å². The van der Waals surface area contributed by atoms with Crippen LogP contribution in [0.1, 0.15) is 13.8 Å². The van der Waals surface area contributed by atoms with Gasteiger partial charge in [-0.2, -0.15) is 0 Å². The minimum Gasteiger partial charge on any atom is -0.491 e. The van der Waals surface area contributed by atoms with Crippen molar-refractivity contribution < 1.29 is 9.13 Å². The molecule has 0 aliphatic carbocycles. The molecule has 2 rings (SSSR count). The summed E-state index contributed by atoms with van der Waals surface area (Å²) in [4.78, 5) is 0. The van der Waals surface area contributed by atoms with Crippen LogP contribution in [0, 0.1) is 5.82 Å². The Balaban J connectivity index is 1.97. The van der Waals surface area contributed by atoms with Crippen molar-refractivity contribution in [2.24, 2.45) is 0 Å². The van der Waals surface area contributed by atoms with Crippen molar-refractivity contribution in [3.63, 3.8) is 0 Å². The van der Waals surface area contributed by atoms with Crippen LogP contribution in [-0.2, 0) is 0 Å². The van der Waals surface area contributed by atoms with Crippen LogP contribution < -0.4 is 15.4 Å². The van der Waals surface area contributed by atoms with Crippen LogP contribution in [0.15, 0.2) is 48.5 Å². The van der Waals surface area contributed by atoms with E-state index in [4.69, 9.17) is 17.0 Å². The highest BCUT2D eigenvalue weighted by Crippen LogP contribution is 2.19. The summed E-state index contributed by atoms with van der Waals surface area (Å²) >= 11 is 5.23. The Hall–Kier alpha value is -2.14. The van der Waals surface area contributed by atoms with Crippen LogP contribution >= 0.6 is 12.2 Å². The summed E-state index contributed by atoms with van der Waals surface area (Å²) in [5.41, 5.74) is 1.55. The molecule has 0 aliphatic heterocycles. The number of anilines is 2. The maximum absolute atomic E-state index is 12.8. The molecule has 3 nitrogen and oxygen atoms in total. The Morgan fingerprint density at radius 2 is 1.71 bits per heavy atom. The third-order valence-corrected chi connectivity index (χ3v) is 2.77. The summed E-state index contributed by atoms with van der Waals surface area (Å²) in [6.07, 6.45) is 0.115. The number of halogens is 1. The summed E-state index contributed by atoms with van der Waals surface area (Å²) in [7, 11) is 0. The second kappa shape index (κ2) is 7.04. The van der Waals surface area contributed by atoms with Gasteiger partial charge in [-0.15, -0.1) is 0 Å². The number of hydrogen-bond donors (Lipinski definition) is 2. The van der Waals surface area contributed by atoms with Crippen LogP contribution in [0.4, 0.5) is 15.8 Å². The largest absolute Gasteiger partial charge is 0.491 e. The predicted octanol–water partition coefficient (Wildman–Crippen LogP) is 4.42. The highest BCUT2D eigenvalue weighted by atomic mass is 32.1. The molecule has 0 spiro atoms. The molecule has 0 saturated heterocycles. The molecule has 0 fully saturated rings. The lowest BCUT2D eigenvalue weighted by molar-refractivity contribution is 0.242. The van der Waals surface area contributed by atoms with Crippen LogP contribution in [-0.4, -0.2) is 11.2 Å². The lowest BCUT2D eigenvalue weighted by Gasteiger charge is -2.13. The quantitative estimate of drug-likeness (QED) is 0.819. The van der Waals surface area contributed by atoms with E-state index in [0.717, 1.165) is 17.1 Å². The van der Waals surface area contributed by atoms with E-state index < -0.39 is 0 Å². The summed E-state index contributed by atoms with van der Waals surface area (Å²) < 4.78 is 18.5. The Bertz CT molecular complexity index is 614. The van der Waals surface area contributed by atoms with Crippen molar-refractivity contribution >= 4 is 28.7 Å². The first kappa shape index (κ1) is 15.3. The standard InChI is InChI=1S/C16H17FN2OS/c1-11(2)20-15-5-3-4-14(10-15)19-16(21)18-13-8-6-12(17)7-9-13/h3-11H,1-2H3,(H2,18,19,21). The van der Waals surface area contributed by atoms with Crippen molar-refractivity contribution in [3.05, 3.63) is 54.3 Å². The molecule has 110 valence electrons. The van der Waals surface area contributed by atoms with Crippen LogP contribution in [0.3, 0.4) is 0 Å². The molecule has 2 aromatic carbocycles. The average molecular weight is 304 g/mol. The third kappa shape index (κ3) is 5.04. The summed E-state index contributed by atoms with van der Waals surface area (Å²) in [5.74, 6) is 0.498. The van der Waals surface area contributed by atoms with Gasteiger partial charge in [-0.05, 0) is 62.5 Å². The van der Waals surface area contributed by atoms with E-state index in [-0.39, 0.29) is 11.9 Å². The Labute approximate surface area is 129 Å². The van der Waals surface area contributed by atoms with E-state index in [1.807, 2.05) is 38.1 Å². The molecule has 0 heterocycles. The fraction of sp³-hybridized carbons (Fsp3) is 0.188. The van der Waals surface area contributed by atoms with Crippen molar-refractivity contribution in [2.45, 2.75) is 20.0 Å². The molecule has 2 N–H and O–H groups in total. The molecule has 0 aromatic heterocycles. The summed E-state index contributed by atoms with van der Waals surface area (Å²) in [5, 5.41) is 6.49. The van der Waals surface area contributed by atoms with Gasteiger partial charge in [0.05, 0.1) is 6.10 Å². The van der Waals surface area contributed by atoms with Gasteiger partial charge in [0, 0.05) is 17.4 Å². The molecule has 2 aromatic rings.